The van der Waals surface area contributed by atoms with Crippen LogP contribution < -0.4 is 4.74 Å². The van der Waals surface area contributed by atoms with E-state index in [1.807, 2.05) is 6.92 Å². The first kappa shape index (κ1) is 18.5. The van der Waals surface area contributed by atoms with Crippen molar-refractivity contribution in [3.8, 4) is 5.75 Å². The molecule has 1 aliphatic rings. The van der Waals surface area contributed by atoms with Gasteiger partial charge in [-0.2, -0.15) is 4.31 Å². The molecule has 0 amide bonds. The van der Waals surface area contributed by atoms with E-state index in [1.54, 1.807) is 24.3 Å². The van der Waals surface area contributed by atoms with Crippen LogP contribution in [0, 0.1) is 12.7 Å². The van der Waals surface area contributed by atoms with Crippen molar-refractivity contribution in [1.82, 2.24) is 4.31 Å². The second-order valence-corrected chi connectivity index (χ2v) is 7.80. The minimum absolute atomic E-state index is 0.156. The van der Waals surface area contributed by atoms with E-state index in [1.165, 1.54) is 4.31 Å². The van der Waals surface area contributed by atoms with Gasteiger partial charge in [0.05, 0.1) is 23.7 Å². The first-order valence-electron chi connectivity index (χ1n) is 8.04. The Morgan fingerprint density at radius 2 is 1.77 bits per heavy atom. The van der Waals surface area contributed by atoms with Gasteiger partial charge in [0, 0.05) is 13.1 Å². The summed E-state index contributed by atoms with van der Waals surface area (Å²) in [7, 11) is -3.83. The molecule has 6 nitrogen and oxygen atoms in total. The maximum atomic E-state index is 14.1. The molecule has 0 bridgehead atoms. The lowest BCUT2D eigenvalue weighted by atomic mass is 10.2. The number of morpholine rings is 1. The van der Waals surface area contributed by atoms with Crippen LogP contribution in [0.4, 0.5) is 4.39 Å². The number of sulfonamides is 1. The number of carbonyl (C=O) groups excluding carboxylic acids is 1. The van der Waals surface area contributed by atoms with Crippen molar-refractivity contribution in [2.24, 2.45) is 0 Å². The molecular formula is C18H18FNO5S. The molecule has 0 saturated carbocycles. The summed E-state index contributed by atoms with van der Waals surface area (Å²) in [6.07, 6.45) is 0. The van der Waals surface area contributed by atoms with Gasteiger partial charge in [-0.05, 0) is 37.3 Å². The number of esters is 1. The number of hydrogen-bond acceptors (Lipinski definition) is 5. The van der Waals surface area contributed by atoms with Crippen molar-refractivity contribution in [1.29, 1.82) is 0 Å². The van der Waals surface area contributed by atoms with Crippen LogP contribution in [0.5, 0.6) is 5.75 Å². The Morgan fingerprint density at radius 3 is 2.42 bits per heavy atom. The van der Waals surface area contributed by atoms with Crippen LogP contribution in [0.15, 0.2) is 47.4 Å². The Hall–Kier alpha value is -2.29. The van der Waals surface area contributed by atoms with E-state index in [2.05, 4.69) is 0 Å². The smallest absolute Gasteiger partial charge is 0.346 e. The third-order valence-electron chi connectivity index (χ3n) is 4.00. The molecule has 1 saturated heterocycles. The van der Waals surface area contributed by atoms with E-state index >= 15 is 0 Å². The van der Waals surface area contributed by atoms with E-state index in [0.29, 0.717) is 13.2 Å². The molecule has 3 rings (SSSR count). The number of hydrogen-bond donors (Lipinski definition) is 0. The van der Waals surface area contributed by atoms with Gasteiger partial charge < -0.3 is 9.47 Å². The molecule has 0 spiro atoms. The maximum absolute atomic E-state index is 14.1. The summed E-state index contributed by atoms with van der Waals surface area (Å²) < 4.78 is 51.0. The lowest BCUT2D eigenvalue weighted by Gasteiger charge is -2.26. The zero-order valence-corrected chi connectivity index (χ0v) is 15.0. The van der Waals surface area contributed by atoms with Gasteiger partial charge in [-0.15, -0.1) is 0 Å². The van der Waals surface area contributed by atoms with Crippen LogP contribution in [0.2, 0.25) is 0 Å². The molecule has 1 aliphatic heterocycles. The second kappa shape index (κ2) is 7.53. The molecule has 8 heteroatoms. The van der Waals surface area contributed by atoms with Crippen molar-refractivity contribution >= 4 is 16.0 Å². The van der Waals surface area contributed by atoms with E-state index in [9.17, 15) is 17.6 Å². The third kappa shape index (κ3) is 3.92. The molecule has 138 valence electrons. The van der Waals surface area contributed by atoms with Crippen LogP contribution in [-0.4, -0.2) is 45.0 Å². The lowest BCUT2D eigenvalue weighted by Crippen LogP contribution is -2.40. The summed E-state index contributed by atoms with van der Waals surface area (Å²) in [5, 5.41) is 0. The number of ether oxygens (including phenoxy) is 2. The minimum atomic E-state index is -3.83. The molecule has 26 heavy (non-hydrogen) atoms. The summed E-state index contributed by atoms with van der Waals surface area (Å²) in [6, 6.07) is 9.77. The predicted octanol–water partition coefficient (Wildman–Crippen LogP) is 2.37. The lowest BCUT2D eigenvalue weighted by molar-refractivity contribution is 0.0724. The number of nitrogens with zero attached hydrogens (tertiary/aromatic N) is 1. The highest BCUT2D eigenvalue weighted by atomic mass is 32.2. The van der Waals surface area contributed by atoms with Crippen LogP contribution in [0.3, 0.4) is 0 Å². The molecule has 0 radical (unpaired) electrons. The standard InChI is InChI=1S/C18H18FNO5S/c1-13-2-4-14(5-3-13)25-18(21)16-12-15(6-7-17(16)19)26(22,23)20-8-10-24-11-9-20/h2-7,12H,8-11H2,1H3. The molecule has 1 heterocycles. The first-order valence-corrected chi connectivity index (χ1v) is 9.48. The quantitative estimate of drug-likeness (QED) is 0.602. The number of aryl methyl sites for hydroxylation is 1. The second-order valence-electron chi connectivity index (χ2n) is 5.86. The average molecular weight is 379 g/mol. The Kier molecular flexibility index (Phi) is 5.36. The van der Waals surface area contributed by atoms with Gasteiger partial charge >= 0.3 is 5.97 Å². The minimum Gasteiger partial charge on any atom is -0.423 e. The van der Waals surface area contributed by atoms with Gasteiger partial charge in [0.15, 0.2) is 0 Å². The highest BCUT2D eigenvalue weighted by Crippen LogP contribution is 2.22. The van der Waals surface area contributed by atoms with Gasteiger partial charge in [0.1, 0.15) is 11.6 Å². The molecular weight excluding hydrogens is 361 g/mol. The van der Waals surface area contributed by atoms with E-state index in [0.717, 1.165) is 23.8 Å². The van der Waals surface area contributed by atoms with Crippen molar-refractivity contribution in [3.05, 3.63) is 59.4 Å². The van der Waals surface area contributed by atoms with Crippen molar-refractivity contribution in [2.45, 2.75) is 11.8 Å². The fourth-order valence-corrected chi connectivity index (χ4v) is 3.96. The van der Waals surface area contributed by atoms with Gasteiger partial charge in [-0.3, -0.25) is 0 Å². The number of benzene rings is 2. The maximum Gasteiger partial charge on any atom is 0.346 e. The van der Waals surface area contributed by atoms with Crippen LogP contribution in [0.1, 0.15) is 15.9 Å². The summed E-state index contributed by atoms with van der Waals surface area (Å²) in [5.41, 5.74) is 0.550. The van der Waals surface area contributed by atoms with Gasteiger partial charge in [-0.1, -0.05) is 17.7 Å². The zero-order chi connectivity index (χ0) is 18.7. The molecule has 2 aromatic carbocycles. The summed E-state index contributed by atoms with van der Waals surface area (Å²) >= 11 is 0. The highest BCUT2D eigenvalue weighted by Gasteiger charge is 2.28. The molecule has 2 aromatic rings. The van der Waals surface area contributed by atoms with Crippen LogP contribution in [0.25, 0.3) is 0 Å². The van der Waals surface area contributed by atoms with Crippen LogP contribution >= 0.6 is 0 Å². The van der Waals surface area contributed by atoms with E-state index in [4.69, 9.17) is 9.47 Å². The third-order valence-corrected chi connectivity index (χ3v) is 5.89. The van der Waals surface area contributed by atoms with Crippen molar-refractivity contribution < 1.29 is 27.1 Å². The average Bonchev–Trinajstić information content (AvgIpc) is 2.64. The molecule has 0 N–H and O–H groups in total. The van der Waals surface area contributed by atoms with Crippen molar-refractivity contribution in [3.63, 3.8) is 0 Å². The zero-order valence-electron chi connectivity index (χ0n) is 14.1. The summed E-state index contributed by atoms with van der Waals surface area (Å²) in [5.74, 6) is -1.55. The van der Waals surface area contributed by atoms with Gasteiger partial charge in [-0.25, -0.2) is 17.6 Å². The van der Waals surface area contributed by atoms with E-state index in [-0.39, 0.29) is 23.7 Å². The van der Waals surface area contributed by atoms with E-state index < -0.39 is 27.4 Å². The highest BCUT2D eigenvalue weighted by molar-refractivity contribution is 7.89. The fraction of sp³-hybridized carbons (Fsp3) is 0.278. The molecule has 1 fully saturated rings. The topological polar surface area (TPSA) is 72.9 Å². The predicted molar refractivity (Wildman–Crippen MR) is 92.1 cm³/mol. The Labute approximate surface area is 151 Å². The first-order chi connectivity index (χ1) is 12.4. The normalized spacial score (nSPS) is 15.6. The monoisotopic (exact) mass is 379 g/mol. The summed E-state index contributed by atoms with van der Waals surface area (Å²) in [6.45, 7) is 2.89. The largest absolute Gasteiger partial charge is 0.423 e. The van der Waals surface area contributed by atoms with Gasteiger partial charge in [0.2, 0.25) is 10.0 Å². The molecule has 0 aromatic heterocycles. The van der Waals surface area contributed by atoms with Crippen molar-refractivity contribution in [2.75, 3.05) is 26.3 Å². The molecule has 0 unspecified atom stereocenters. The fourth-order valence-electron chi connectivity index (χ4n) is 2.53. The number of rotatable bonds is 4. The van der Waals surface area contributed by atoms with Crippen LogP contribution in [-0.2, 0) is 14.8 Å². The molecule has 0 aliphatic carbocycles. The number of carbonyl (C=O) groups is 1. The Balaban J connectivity index is 1.87. The Bertz CT molecular complexity index is 906. The summed E-state index contributed by atoms with van der Waals surface area (Å²) in [4.78, 5) is 12.1. The Morgan fingerprint density at radius 1 is 1.12 bits per heavy atom. The van der Waals surface area contributed by atoms with Gasteiger partial charge in [0.25, 0.3) is 0 Å². The number of halogens is 1. The molecule has 0 atom stereocenters. The SMILES string of the molecule is Cc1ccc(OC(=O)c2cc(S(=O)(=O)N3CCOCC3)ccc2F)cc1.